The first-order chi connectivity index (χ1) is 6.83. The van der Waals surface area contributed by atoms with E-state index in [1.54, 1.807) is 29.2 Å². The highest BCUT2D eigenvalue weighted by molar-refractivity contribution is 5.60. The van der Waals surface area contributed by atoms with Gasteiger partial charge in [-0.1, -0.05) is 5.21 Å². The van der Waals surface area contributed by atoms with Crippen LogP contribution in [0.1, 0.15) is 6.92 Å². The first-order valence-corrected chi connectivity index (χ1v) is 4.35. The number of aryl methyl sites for hydroxylation is 1. The van der Waals surface area contributed by atoms with Crippen molar-refractivity contribution in [1.82, 2.24) is 20.0 Å². The summed E-state index contributed by atoms with van der Waals surface area (Å²) in [5, 5.41) is 17.2. The standard InChI is InChI=1S/C9H10N4O/c1-2-13-7(6-11-12-13)9-8(14)4-3-5-10-9/h3-6,14H,2H2,1H3. The molecule has 0 amide bonds. The Morgan fingerprint density at radius 2 is 2.36 bits per heavy atom. The minimum atomic E-state index is 0.143. The number of hydrogen-bond donors (Lipinski definition) is 1. The van der Waals surface area contributed by atoms with Gasteiger partial charge < -0.3 is 5.11 Å². The highest BCUT2D eigenvalue weighted by Crippen LogP contribution is 2.24. The third kappa shape index (κ3) is 1.32. The molecule has 14 heavy (non-hydrogen) atoms. The van der Waals surface area contributed by atoms with Gasteiger partial charge in [0.15, 0.2) is 0 Å². The van der Waals surface area contributed by atoms with Crippen LogP contribution in [-0.4, -0.2) is 25.1 Å². The lowest BCUT2D eigenvalue weighted by Gasteiger charge is -2.03. The summed E-state index contributed by atoms with van der Waals surface area (Å²) in [6.07, 6.45) is 3.22. The van der Waals surface area contributed by atoms with Crippen molar-refractivity contribution < 1.29 is 5.11 Å². The van der Waals surface area contributed by atoms with Gasteiger partial charge in [0.2, 0.25) is 0 Å². The van der Waals surface area contributed by atoms with Crippen LogP contribution in [0.2, 0.25) is 0 Å². The first-order valence-electron chi connectivity index (χ1n) is 4.35. The summed E-state index contributed by atoms with van der Waals surface area (Å²) >= 11 is 0. The number of hydrogen-bond acceptors (Lipinski definition) is 4. The number of rotatable bonds is 2. The molecular formula is C9H10N4O. The average Bonchev–Trinajstić information content (AvgIpc) is 2.66. The second-order valence-corrected chi connectivity index (χ2v) is 2.81. The largest absolute Gasteiger partial charge is 0.506 e. The van der Waals surface area contributed by atoms with Gasteiger partial charge in [0.05, 0.1) is 6.20 Å². The van der Waals surface area contributed by atoms with Crippen molar-refractivity contribution in [3.63, 3.8) is 0 Å². The highest BCUT2D eigenvalue weighted by Gasteiger charge is 2.10. The van der Waals surface area contributed by atoms with Crippen LogP contribution in [0.15, 0.2) is 24.5 Å². The number of pyridine rings is 1. The van der Waals surface area contributed by atoms with Crippen molar-refractivity contribution in [3.05, 3.63) is 24.5 Å². The van der Waals surface area contributed by atoms with Crippen LogP contribution in [-0.2, 0) is 6.54 Å². The lowest BCUT2D eigenvalue weighted by molar-refractivity contribution is 0.474. The third-order valence-corrected chi connectivity index (χ3v) is 1.95. The molecule has 0 fully saturated rings. The molecule has 0 aliphatic rings. The van der Waals surface area contributed by atoms with Crippen molar-refractivity contribution in [3.8, 4) is 17.1 Å². The summed E-state index contributed by atoms with van der Waals surface area (Å²) in [5.74, 6) is 0.143. The number of nitrogens with zero attached hydrogens (tertiary/aromatic N) is 4. The quantitative estimate of drug-likeness (QED) is 0.769. The number of aromatic nitrogens is 4. The molecule has 0 aromatic carbocycles. The van der Waals surface area contributed by atoms with E-state index in [4.69, 9.17) is 0 Å². The Labute approximate surface area is 81.0 Å². The molecule has 0 saturated heterocycles. The molecule has 2 aromatic rings. The van der Waals surface area contributed by atoms with Crippen LogP contribution in [0.4, 0.5) is 0 Å². The predicted molar refractivity (Wildman–Crippen MR) is 50.6 cm³/mol. The van der Waals surface area contributed by atoms with Crippen molar-refractivity contribution in [2.24, 2.45) is 0 Å². The molecule has 0 radical (unpaired) electrons. The zero-order valence-corrected chi connectivity index (χ0v) is 7.75. The van der Waals surface area contributed by atoms with Crippen molar-refractivity contribution in [2.75, 3.05) is 0 Å². The molecule has 0 atom stereocenters. The molecule has 2 heterocycles. The molecule has 1 N–H and O–H groups in total. The van der Waals surface area contributed by atoms with Crippen LogP contribution < -0.4 is 0 Å². The van der Waals surface area contributed by atoms with Gasteiger partial charge in [-0.05, 0) is 19.1 Å². The van der Waals surface area contributed by atoms with E-state index in [-0.39, 0.29) is 5.75 Å². The van der Waals surface area contributed by atoms with E-state index in [0.29, 0.717) is 12.2 Å². The second kappa shape index (κ2) is 3.45. The normalized spacial score (nSPS) is 10.4. The smallest absolute Gasteiger partial charge is 0.143 e. The molecule has 2 rings (SSSR count). The van der Waals surface area contributed by atoms with E-state index >= 15 is 0 Å². The highest BCUT2D eigenvalue weighted by atomic mass is 16.3. The molecular weight excluding hydrogens is 180 g/mol. The Bertz CT molecular complexity index is 438. The minimum Gasteiger partial charge on any atom is -0.506 e. The van der Waals surface area contributed by atoms with Crippen molar-refractivity contribution >= 4 is 0 Å². The van der Waals surface area contributed by atoms with Gasteiger partial charge in [-0.25, -0.2) is 4.68 Å². The number of aromatic hydroxyl groups is 1. The van der Waals surface area contributed by atoms with Gasteiger partial charge in [-0.2, -0.15) is 0 Å². The molecule has 72 valence electrons. The maximum absolute atomic E-state index is 9.57. The van der Waals surface area contributed by atoms with Gasteiger partial charge in [0, 0.05) is 12.7 Å². The maximum Gasteiger partial charge on any atom is 0.143 e. The van der Waals surface area contributed by atoms with Crippen LogP contribution in [0.5, 0.6) is 5.75 Å². The van der Waals surface area contributed by atoms with Gasteiger partial charge in [-0.15, -0.1) is 5.10 Å². The fourth-order valence-corrected chi connectivity index (χ4v) is 1.27. The Balaban J connectivity index is 2.54. The molecule has 0 bridgehead atoms. The molecule has 5 heteroatoms. The summed E-state index contributed by atoms with van der Waals surface area (Å²) in [4.78, 5) is 4.08. The Kier molecular flexibility index (Phi) is 2.14. The molecule has 0 spiro atoms. The summed E-state index contributed by atoms with van der Waals surface area (Å²) in [7, 11) is 0. The molecule has 0 aliphatic carbocycles. The van der Waals surface area contributed by atoms with E-state index < -0.39 is 0 Å². The van der Waals surface area contributed by atoms with Crippen LogP contribution in [0.25, 0.3) is 11.4 Å². The van der Waals surface area contributed by atoms with E-state index in [1.165, 1.54) is 0 Å². The van der Waals surface area contributed by atoms with E-state index in [0.717, 1.165) is 5.69 Å². The Morgan fingerprint density at radius 3 is 3.07 bits per heavy atom. The lowest BCUT2D eigenvalue weighted by atomic mass is 10.2. The Hall–Kier alpha value is -1.91. The average molecular weight is 190 g/mol. The van der Waals surface area contributed by atoms with Crippen LogP contribution in [0, 0.1) is 0 Å². The molecule has 0 aliphatic heterocycles. The Morgan fingerprint density at radius 1 is 1.50 bits per heavy atom. The van der Waals surface area contributed by atoms with Crippen LogP contribution >= 0.6 is 0 Å². The molecule has 0 unspecified atom stereocenters. The van der Waals surface area contributed by atoms with Crippen LogP contribution in [0.3, 0.4) is 0 Å². The van der Waals surface area contributed by atoms with Crippen molar-refractivity contribution in [1.29, 1.82) is 0 Å². The lowest BCUT2D eigenvalue weighted by Crippen LogP contribution is -2.00. The minimum absolute atomic E-state index is 0.143. The zero-order valence-electron chi connectivity index (χ0n) is 7.75. The summed E-state index contributed by atoms with van der Waals surface area (Å²) in [6, 6.07) is 3.27. The van der Waals surface area contributed by atoms with E-state index in [9.17, 15) is 5.11 Å². The van der Waals surface area contributed by atoms with E-state index in [2.05, 4.69) is 15.3 Å². The molecule has 0 saturated carbocycles. The van der Waals surface area contributed by atoms with Gasteiger partial charge in [0.25, 0.3) is 0 Å². The third-order valence-electron chi connectivity index (χ3n) is 1.95. The fourth-order valence-electron chi connectivity index (χ4n) is 1.27. The summed E-state index contributed by atoms with van der Waals surface area (Å²) in [5.41, 5.74) is 1.24. The topological polar surface area (TPSA) is 63.8 Å². The van der Waals surface area contributed by atoms with Crippen molar-refractivity contribution in [2.45, 2.75) is 13.5 Å². The predicted octanol–water partition coefficient (Wildman–Crippen LogP) is 1.07. The zero-order chi connectivity index (χ0) is 9.97. The maximum atomic E-state index is 9.57. The monoisotopic (exact) mass is 190 g/mol. The SMILES string of the molecule is CCn1nncc1-c1ncccc1O. The van der Waals surface area contributed by atoms with Gasteiger partial charge >= 0.3 is 0 Å². The second-order valence-electron chi connectivity index (χ2n) is 2.81. The fraction of sp³-hybridized carbons (Fsp3) is 0.222. The van der Waals surface area contributed by atoms with Gasteiger partial charge in [0.1, 0.15) is 17.1 Å². The molecule has 5 nitrogen and oxygen atoms in total. The van der Waals surface area contributed by atoms with Gasteiger partial charge in [-0.3, -0.25) is 4.98 Å². The first kappa shape index (κ1) is 8.68. The van der Waals surface area contributed by atoms with E-state index in [1.807, 2.05) is 6.92 Å². The summed E-state index contributed by atoms with van der Waals surface area (Å²) < 4.78 is 1.68. The molecule has 2 aromatic heterocycles. The summed E-state index contributed by atoms with van der Waals surface area (Å²) in [6.45, 7) is 2.66.